The quantitative estimate of drug-likeness (QED) is 0.758. The number of hydrogen-bond donors (Lipinski definition) is 1. The van der Waals surface area contributed by atoms with Gasteiger partial charge in [-0.05, 0) is 25.7 Å². The summed E-state index contributed by atoms with van der Waals surface area (Å²) < 4.78 is 7.20. The molecule has 1 aliphatic carbocycles. The fourth-order valence-corrected chi connectivity index (χ4v) is 1.20. The number of nitrogen functional groups attached to an aromatic ring is 1. The molecule has 0 spiro atoms. The monoisotopic (exact) mass is 181 g/mol. The molecule has 4 nitrogen and oxygen atoms in total. The van der Waals surface area contributed by atoms with Crippen molar-refractivity contribution in [3.63, 3.8) is 0 Å². The van der Waals surface area contributed by atoms with Crippen LogP contribution in [0.4, 0.5) is 5.82 Å². The van der Waals surface area contributed by atoms with Crippen LogP contribution in [0.15, 0.2) is 6.20 Å². The molecule has 2 rings (SSSR count). The van der Waals surface area contributed by atoms with E-state index in [2.05, 4.69) is 5.10 Å². The van der Waals surface area contributed by atoms with Crippen LogP contribution in [-0.4, -0.2) is 16.4 Å². The summed E-state index contributed by atoms with van der Waals surface area (Å²) in [4.78, 5) is 0. The third-order valence-electron chi connectivity index (χ3n) is 2.26. The minimum atomic E-state index is 0.522. The highest BCUT2D eigenvalue weighted by molar-refractivity contribution is 5.35. The van der Waals surface area contributed by atoms with Crippen molar-refractivity contribution in [2.45, 2.75) is 26.5 Å². The van der Waals surface area contributed by atoms with E-state index >= 15 is 0 Å². The number of rotatable bonds is 4. The van der Waals surface area contributed by atoms with E-state index in [1.54, 1.807) is 4.68 Å². The summed E-state index contributed by atoms with van der Waals surface area (Å²) in [5, 5.41) is 4.10. The minimum Gasteiger partial charge on any atom is -0.382 e. The maximum atomic E-state index is 5.60. The third-order valence-corrected chi connectivity index (χ3v) is 2.26. The van der Waals surface area contributed by atoms with Crippen molar-refractivity contribution in [1.29, 1.82) is 0 Å². The SMILES string of the molecule is Cc1cn(COCC2CC2)nc1N. The Morgan fingerprint density at radius 3 is 3.00 bits per heavy atom. The predicted molar refractivity (Wildman–Crippen MR) is 50.1 cm³/mol. The molecular formula is C9H15N3O. The van der Waals surface area contributed by atoms with Crippen LogP contribution in [-0.2, 0) is 11.5 Å². The number of hydrogen-bond acceptors (Lipinski definition) is 3. The second-order valence-corrected chi connectivity index (χ2v) is 3.68. The van der Waals surface area contributed by atoms with E-state index in [0.717, 1.165) is 18.1 Å². The molecule has 0 atom stereocenters. The molecule has 0 amide bonds. The summed E-state index contributed by atoms with van der Waals surface area (Å²) >= 11 is 0. The first-order chi connectivity index (χ1) is 6.25. The Hall–Kier alpha value is -1.03. The first-order valence-electron chi connectivity index (χ1n) is 4.63. The van der Waals surface area contributed by atoms with Crippen LogP contribution >= 0.6 is 0 Å². The van der Waals surface area contributed by atoms with Gasteiger partial charge in [-0.25, -0.2) is 4.68 Å². The lowest BCUT2D eigenvalue weighted by Gasteiger charge is -2.01. The van der Waals surface area contributed by atoms with Crippen LogP contribution in [0.1, 0.15) is 18.4 Å². The van der Waals surface area contributed by atoms with Gasteiger partial charge in [0.05, 0.1) is 6.61 Å². The van der Waals surface area contributed by atoms with E-state index in [4.69, 9.17) is 10.5 Å². The summed E-state index contributed by atoms with van der Waals surface area (Å²) in [6, 6.07) is 0. The molecule has 0 bridgehead atoms. The highest BCUT2D eigenvalue weighted by Gasteiger charge is 2.21. The lowest BCUT2D eigenvalue weighted by molar-refractivity contribution is 0.0613. The van der Waals surface area contributed by atoms with Gasteiger partial charge in [0.25, 0.3) is 0 Å². The van der Waals surface area contributed by atoms with Crippen molar-refractivity contribution in [1.82, 2.24) is 9.78 Å². The Balaban J connectivity index is 1.79. The molecule has 1 aromatic heterocycles. The topological polar surface area (TPSA) is 53.1 Å². The molecule has 0 unspecified atom stereocenters. The Kier molecular flexibility index (Phi) is 2.22. The molecule has 1 aromatic rings. The number of nitrogens with zero attached hydrogens (tertiary/aromatic N) is 2. The molecule has 1 heterocycles. The Bertz CT molecular complexity index is 272. The molecule has 0 saturated heterocycles. The minimum absolute atomic E-state index is 0.522. The van der Waals surface area contributed by atoms with E-state index < -0.39 is 0 Å². The maximum absolute atomic E-state index is 5.60. The summed E-state index contributed by atoms with van der Waals surface area (Å²) in [6.45, 7) is 3.33. The van der Waals surface area contributed by atoms with Crippen LogP contribution in [0.2, 0.25) is 0 Å². The molecule has 2 N–H and O–H groups in total. The Morgan fingerprint density at radius 2 is 2.46 bits per heavy atom. The van der Waals surface area contributed by atoms with Crippen LogP contribution in [0.5, 0.6) is 0 Å². The molecule has 72 valence electrons. The maximum Gasteiger partial charge on any atom is 0.148 e. The number of aromatic nitrogens is 2. The van der Waals surface area contributed by atoms with Crippen LogP contribution in [0.3, 0.4) is 0 Å². The largest absolute Gasteiger partial charge is 0.382 e. The van der Waals surface area contributed by atoms with Gasteiger partial charge in [-0.3, -0.25) is 0 Å². The van der Waals surface area contributed by atoms with Crippen molar-refractivity contribution in [2.24, 2.45) is 5.92 Å². The molecular weight excluding hydrogens is 166 g/mol. The molecule has 13 heavy (non-hydrogen) atoms. The van der Waals surface area contributed by atoms with Crippen LogP contribution in [0, 0.1) is 12.8 Å². The van der Waals surface area contributed by atoms with Crippen LogP contribution in [0.25, 0.3) is 0 Å². The molecule has 4 heteroatoms. The van der Waals surface area contributed by atoms with E-state index in [1.165, 1.54) is 12.8 Å². The van der Waals surface area contributed by atoms with Gasteiger partial charge in [-0.1, -0.05) is 0 Å². The first-order valence-corrected chi connectivity index (χ1v) is 4.63. The Labute approximate surface area is 77.7 Å². The van der Waals surface area contributed by atoms with Gasteiger partial charge in [0.1, 0.15) is 12.5 Å². The zero-order valence-electron chi connectivity index (χ0n) is 7.86. The van der Waals surface area contributed by atoms with Crippen molar-refractivity contribution < 1.29 is 4.74 Å². The number of nitrogens with two attached hydrogens (primary N) is 1. The summed E-state index contributed by atoms with van der Waals surface area (Å²) in [5.41, 5.74) is 6.61. The molecule has 1 fully saturated rings. The van der Waals surface area contributed by atoms with Gasteiger partial charge in [0.15, 0.2) is 0 Å². The van der Waals surface area contributed by atoms with Gasteiger partial charge >= 0.3 is 0 Å². The fourth-order valence-electron chi connectivity index (χ4n) is 1.20. The third kappa shape index (κ3) is 2.21. The van der Waals surface area contributed by atoms with Crippen molar-refractivity contribution in [3.05, 3.63) is 11.8 Å². The molecule has 0 aliphatic heterocycles. The van der Waals surface area contributed by atoms with E-state index in [0.29, 0.717) is 12.5 Å². The highest BCUT2D eigenvalue weighted by Crippen LogP contribution is 2.28. The van der Waals surface area contributed by atoms with Crippen molar-refractivity contribution >= 4 is 5.82 Å². The second kappa shape index (κ2) is 3.38. The molecule has 0 radical (unpaired) electrons. The Morgan fingerprint density at radius 1 is 1.69 bits per heavy atom. The number of ether oxygens (including phenoxy) is 1. The lowest BCUT2D eigenvalue weighted by atomic mass is 10.4. The van der Waals surface area contributed by atoms with Gasteiger partial charge < -0.3 is 10.5 Å². The zero-order valence-corrected chi connectivity index (χ0v) is 7.86. The van der Waals surface area contributed by atoms with Crippen molar-refractivity contribution in [3.8, 4) is 0 Å². The van der Waals surface area contributed by atoms with Gasteiger partial charge in [0.2, 0.25) is 0 Å². The average Bonchev–Trinajstić information content (AvgIpc) is 2.82. The highest BCUT2D eigenvalue weighted by atomic mass is 16.5. The smallest absolute Gasteiger partial charge is 0.148 e. The number of aryl methyl sites for hydroxylation is 1. The zero-order chi connectivity index (χ0) is 9.26. The first kappa shape index (κ1) is 8.56. The molecule has 1 aliphatic rings. The average molecular weight is 181 g/mol. The van der Waals surface area contributed by atoms with Crippen LogP contribution < -0.4 is 5.73 Å². The van der Waals surface area contributed by atoms with Gasteiger partial charge in [-0.2, -0.15) is 5.10 Å². The van der Waals surface area contributed by atoms with Gasteiger partial charge in [0, 0.05) is 11.8 Å². The second-order valence-electron chi connectivity index (χ2n) is 3.68. The number of anilines is 1. The van der Waals surface area contributed by atoms with E-state index in [-0.39, 0.29) is 0 Å². The molecule has 1 saturated carbocycles. The van der Waals surface area contributed by atoms with Crippen molar-refractivity contribution in [2.75, 3.05) is 12.3 Å². The summed E-state index contributed by atoms with van der Waals surface area (Å²) in [7, 11) is 0. The summed E-state index contributed by atoms with van der Waals surface area (Å²) in [5.74, 6) is 1.39. The van der Waals surface area contributed by atoms with E-state index in [9.17, 15) is 0 Å². The fraction of sp³-hybridized carbons (Fsp3) is 0.667. The van der Waals surface area contributed by atoms with Gasteiger partial charge in [-0.15, -0.1) is 0 Å². The molecule has 0 aromatic carbocycles. The predicted octanol–water partition coefficient (Wildman–Crippen LogP) is 1.16. The summed E-state index contributed by atoms with van der Waals surface area (Å²) in [6.07, 6.45) is 4.54. The normalized spacial score (nSPS) is 16.4. The standard InChI is InChI=1S/C9H15N3O/c1-7-4-12(11-9(7)10)6-13-5-8-2-3-8/h4,8H,2-3,5-6H2,1H3,(H2,10,11). The lowest BCUT2D eigenvalue weighted by Crippen LogP contribution is -2.05. The van der Waals surface area contributed by atoms with E-state index in [1.807, 2.05) is 13.1 Å².